The molecule has 1 aromatic rings. The Morgan fingerprint density at radius 1 is 1.05 bits per heavy atom. The molecule has 0 saturated heterocycles. The van der Waals surface area contributed by atoms with Gasteiger partial charge in [-0.2, -0.15) is 0 Å². The smallest absolute Gasteiger partial charge is 0.426 e. The van der Waals surface area contributed by atoms with Crippen LogP contribution in [0.1, 0.15) is 52.4 Å². The largest absolute Gasteiger partial charge is 0.449 e. The lowest BCUT2D eigenvalue weighted by molar-refractivity contribution is 0.151. The monoisotopic (exact) mass is 292 g/mol. The maximum absolute atomic E-state index is 11.6. The molecule has 0 unspecified atom stereocenters. The van der Waals surface area contributed by atoms with Gasteiger partial charge in [0.1, 0.15) is 0 Å². The van der Waals surface area contributed by atoms with Crippen LogP contribution in [0.15, 0.2) is 30.3 Å². The number of para-hydroxylation sites is 1. The molecule has 1 N–H and O–H groups in total. The lowest BCUT2D eigenvalue weighted by Gasteiger charge is -2.24. The summed E-state index contributed by atoms with van der Waals surface area (Å²) in [5.41, 5.74) is 3.79. The van der Waals surface area contributed by atoms with Crippen molar-refractivity contribution in [1.29, 1.82) is 0 Å². The minimum absolute atomic E-state index is 0.380. The molecule has 4 nitrogen and oxygen atoms in total. The summed E-state index contributed by atoms with van der Waals surface area (Å²) in [6.07, 6.45) is 6.98. The molecule has 1 aromatic carbocycles. The second-order valence-corrected chi connectivity index (χ2v) is 5.09. The van der Waals surface area contributed by atoms with Gasteiger partial charge in [-0.25, -0.2) is 10.2 Å². The van der Waals surface area contributed by atoms with Crippen molar-refractivity contribution in [3.8, 4) is 0 Å². The number of unbranched alkanes of at least 4 members (excludes halogenated alkanes) is 5. The zero-order valence-corrected chi connectivity index (χ0v) is 13.3. The van der Waals surface area contributed by atoms with Gasteiger partial charge >= 0.3 is 6.09 Å². The number of amides is 1. The summed E-state index contributed by atoms with van der Waals surface area (Å²) in [5.74, 6) is 0. The number of hydrogen-bond donors (Lipinski definition) is 1. The van der Waals surface area contributed by atoms with E-state index in [0.29, 0.717) is 6.61 Å². The van der Waals surface area contributed by atoms with E-state index in [9.17, 15) is 4.79 Å². The second-order valence-electron chi connectivity index (χ2n) is 5.09. The van der Waals surface area contributed by atoms with Gasteiger partial charge in [0.15, 0.2) is 0 Å². The van der Waals surface area contributed by atoms with Crippen LogP contribution in [0.3, 0.4) is 0 Å². The number of hydrogen-bond acceptors (Lipinski definition) is 3. The van der Waals surface area contributed by atoms with Gasteiger partial charge in [-0.05, 0) is 25.5 Å². The van der Waals surface area contributed by atoms with Crippen LogP contribution < -0.4 is 10.4 Å². The number of ether oxygens (including phenoxy) is 1. The molecule has 21 heavy (non-hydrogen) atoms. The molecular formula is C17H28N2O2. The number of nitrogens with zero attached hydrogens (tertiary/aromatic N) is 1. The molecule has 0 radical (unpaired) electrons. The van der Waals surface area contributed by atoms with Gasteiger partial charge in [-0.15, -0.1) is 0 Å². The Morgan fingerprint density at radius 3 is 2.38 bits per heavy atom. The van der Waals surface area contributed by atoms with Gasteiger partial charge < -0.3 is 4.74 Å². The molecule has 0 saturated carbocycles. The number of anilines is 1. The summed E-state index contributed by atoms with van der Waals surface area (Å²) >= 11 is 0. The van der Waals surface area contributed by atoms with E-state index in [2.05, 4.69) is 12.3 Å². The normalized spacial score (nSPS) is 10.2. The number of hydrazine groups is 1. The van der Waals surface area contributed by atoms with Gasteiger partial charge in [-0.3, -0.25) is 5.01 Å². The first-order valence-corrected chi connectivity index (χ1v) is 8.04. The second kappa shape index (κ2) is 11.0. The van der Waals surface area contributed by atoms with Crippen molar-refractivity contribution < 1.29 is 9.53 Å². The molecule has 0 aliphatic rings. The minimum Gasteiger partial charge on any atom is -0.449 e. The zero-order valence-electron chi connectivity index (χ0n) is 13.3. The molecule has 1 amide bonds. The molecule has 118 valence electrons. The average molecular weight is 292 g/mol. The predicted molar refractivity (Wildman–Crippen MR) is 87.3 cm³/mol. The number of carbonyl (C=O) groups is 1. The third-order valence-corrected chi connectivity index (χ3v) is 3.30. The highest BCUT2D eigenvalue weighted by Gasteiger charge is 2.10. The van der Waals surface area contributed by atoms with E-state index >= 15 is 0 Å². The van der Waals surface area contributed by atoms with E-state index < -0.39 is 6.09 Å². The van der Waals surface area contributed by atoms with E-state index in [0.717, 1.165) is 18.7 Å². The van der Waals surface area contributed by atoms with Gasteiger partial charge in [0, 0.05) is 6.54 Å². The molecule has 4 heteroatoms. The Hall–Kier alpha value is -1.71. The van der Waals surface area contributed by atoms with Crippen molar-refractivity contribution in [2.75, 3.05) is 18.2 Å². The molecule has 0 spiro atoms. The van der Waals surface area contributed by atoms with Crippen LogP contribution in [0.5, 0.6) is 0 Å². The maximum Gasteiger partial charge on any atom is 0.426 e. The number of carbonyl (C=O) groups excluding carboxylic acids is 1. The van der Waals surface area contributed by atoms with Gasteiger partial charge in [0.05, 0.1) is 12.3 Å². The fourth-order valence-electron chi connectivity index (χ4n) is 2.18. The Balaban J connectivity index is 2.43. The first-order chi connectivity index (χ1) is 10.3. The zero-order chi connectivity index (χ0) is 15.3. The number of benzene rings is 1. The summed E-state index contributed by atoms with van der Waals surface area (Å²) < 4.78 is 4.96. The summed E-state index contributed by atoms with van der Waals surface area (Å²) in [5, 5.41) is 1.87. The highest BCUT2D eigenvalue weighted by Crippen LogP contribution is 2.13. The molecule has 0 aliphatic heterocycles. The van der Waals surface area contributed by atoms with Gasteiger partial charge in [-0.1, -0.05) is 57.2 Å². The van der Waals surface area contributed by atoms with Gasteiger partial charge in [0.25, 0.3) is 0 Å². The Morgan fingerprint density at radius 2 is 1.71 bits per heavy atom. The average Bonchev–Trinajstić information content (AvgIpc) is 2.50. The highest BCUT2D eigenvalue weighted by molar-refractivity contribution is 5.70. The van der Waals surface area contributed by atoms with Crippen LogP contribution >= 0.6 is 0 Å². The first-order valence-electron chi connectivity index (χ1n) is 8.04. The van der Waals surface area contributed by atoms with Crippen LogP contribution in [0, 0.1) is 0 Å². The molecule has 0 atom stereocenters. The predicted octanol–water partition coefficient (Wildman–Crippen LogP) is 4.51. The molecule has 0 aromatic heterocycles. The van der Waals surface area contributed by atoms with Crippen molar-refractivity contribution >= 4 is 11.8 Å². The fraction of sp³-hybridized carbons (Fsp3) is 0.588. The van der Waals surface area contributed by atoms with Crippen LogP contribution in [0.4, 0.5) is 10.5 Å². The molecule has 0 bridgehead atoms. The molecule has 0 fully saturated rings. The lowest BCUT2D eigenvalue weighted by Crippen LogP contribution is -2.43. The van der Waals surface area contributed by atoms with Crippen molar-refractivity contribution in [2.24, 2.45) is 0 Å². The van der Waals surface area contributed by atoms with Crippen molar-refractivity contribution in [1.82, 2.24) is 5.43 Å². The molecule has 0 heterocycles. The van der Waals surface area contributed by atoms with E-state index in [4.69, 9.17) is 4.74 Å². The standard InChI is InChI=1S/C17H28N2O2/c1-3-5-6-7-8-12-15-19(18-17(20)21-4-2)16-13-10-9-11-14-16/h9-11,13-14H,3-8,12,15H2,1-2H3,(H,18,20). The molecular weight excluding hydrogens is 264 g/mol. The SMILES string of the molecule is CCCCCCCCN(NC(=O)OCC)c1ccccc1. The van der Waals surface area contributed by atoms with E-state index in [-0.39, 0.29) is 0 Å². The fourth-order valence-corrected chi connectivity index (χ4v) is 2.18. The Labute approximate surface area is 128 Å². The highest BCUT2D eigenvalue weighted by atomic mass is 16.6. The third-order valence-electron chi connectivity index (χ3n) is 3.30. The molecule has 0 aliphatic carbocycles. The van der Waals surface area contributed by atoms with Crippen LogP contribution in [-0.2, 0) is 4.74 Å². The summed E-state index contributed by atoms with van der Waals surface area (Å²) in [7, 11) is 0. The van der Waals surface area contributed by atoms with Crippen molar-refractivity contribution in [2.45, 2.75) is 52.4 Å². The Bertz CT molecular complexity index is 382. The van der Waals surface area contributed by atoms with E-state index in [1.165, 1.54) is 32.1 Å². The minimum atomic E-state index is -0.396. The van der Waals surface area contributed by atoms with Crippen LogP contribution in [-0.4, -0.2) is 19.2 Å². The topological polar surface area (TPSA) is 41.6 Å². The summed E-state index contributed by atoms with van der Waals surface area (Å²) in [4.78, 5) is 11.6. The van der Waals surface area contributed by atoms with Crippen LogP contribution in [0.25, 0.3) is 0 Å². The first kappa shape index (κ1) is 17.3. The maximum atomic E-state index is 11.6. The number of rotatable bonds is 10. The van der Waals surface area contributed by atoms with Gasteiger partial charge in [0.2, 0.25) is 0 Å². The summed E-state index contributed by atoms with van der Waals surface area (Å²) in [6.45, 7) is 5.21. The Kier molecular flexibility index (Phi) is 9.09. The quantitative estimate of drug-likeness (QED) is 0.509. The van der Waals surface area contributed by atoms with Crippen molar-refractivity contribution in [3.05, 3.63) is 30.3 Å². The molecule has 1 rings (SSSR count). The van der Waals surface area contributed by atoms with E-state index in [1.807, 2.05) is 35.3 Å². The summed E-state index contributed by atoms with van der Waals surface area (Å²) in [6, 6.07) is 9.89. The van der Waals surface area contributed by atoms with E-state index in [1.54, 1.807) is 6.92 Å². The lowest BCUT2D eigenvalue weighted by atomic mass is 10.1. The third kappa shape index (κ3) is 7.59. The van der Waals surface area contributed by atoms with Crippen LogP contribution in [0.2, 0.25) is 0 Å². The van der Waals surface area contributed by atoms with Crippen molar-refractivity contribution in [3.63, 3.8) is 0 Å². The number of nitrogens with one attached hydrogen (secondary N) is 1.